The van der Waals surface area contributed by atoms with Gasteiger partial charge in [-0.15, -0.1) is 0 Å². The molecule has 6 nitrogen and oxygen atoms in total. The van der Waals surface area contributed by atoms with Gasteiger partial charge in [0.25, 0.3) is 0 Å². The molecule has 6 heteroatoms. The number of aryl methyl sites for hydroxylation is 1. The number of rotatable bonds is 8. The Morgan fingerprint density at radius 2 is 1.77 bits per heavy atom. The molecule has 1 heterocycles. The number of hydrogen-bond acceptors (Lipinski definition) is 4. The molecule has 1 amide bonds. The minimum absolute atomic E-state index is 0.0456. The molecule has 0 spiro atoms. The van der Waals surface area contributed by atoms with Crippen LogP contribution < -0.4 is 14.8 Å². The summed E-state index contributed by atoms with van der Waals surface area (Å²) in [6.45, 7) is 9.31. The van der Waals surface area contributed by atoms with Crippen LogP contribution in [0.3, 0.4) is 0 Å². The van der Waals surface area contributed by atoms with E-state index < -0.39 is 0 Å². The number of carbonyl (C=O) groups excluding carboxylic acids is 1. The van der Waals surface area contributed by atoms with Crippen molar-refractivity contribution >= 4 is 11.6 Å². The van der Waals surface area contributed by atoms with E-state index in [9.17, 15) is 4.79 Å². The molecule has 1 aromatic carbocycles. The average Bonchev–Trinajstić information content (AvgIpc) is 2.85. The van der Waals surface area contributed by atoms with Crippen molar-refractivity contribution in [2.45, 2.75) is 47.1 Å². The van der Waals surface area contributed by atoms with E-state index in [4.69, 9.17) is 9.47 Å². The van der Waals surface area contributed by atoms with Crippen molar-refractivity contribution in [3.05, 3.63) is 35.2 Å². The summed E-state index contributed by atoms with van der Waals surface area (Å²) in [7, 11) is 3.17. The number of ether oxygens (including phenoxy) is 2. The first-order valence-corrected chi connectivity index (χ1v) is 8.89. The third-order valence-corrected chi connectivity index (χ3v) is 4.31. The Morgan fingerprint density at radius 3 is 2.31 bits per heavy atom. The first-order chi connectivity index (χ1) is 12.3. The fraction of sp³-hybridized carbons (Fsp3) is 0.500. The fourth-order valence-electron chi connectivity index (χ4n) is 2.96. The zero-order chi connectivity index (χ0) is 19.3. The van der Waals surface area contributed by atoms with Crippen LogP contribution in [0.1, 0.15) is 37.2 Å². The minimum Gasteiger partial charge on any atom is -0.497 e. The predicted octanol–water partition coefficient (Wildman–Crippen LogP) is 3.74. The third-order valence-electron chi connectivity index (χ3n) is 4.31. The summed E-state index contributed by atoms with van der Waals surface area (Å²) in [4.78, 5) is 12.4. The molecule has 1 aromatic heterocycles. The van der Waals surface area contributed by atoms with E-state index in [1.54, 1.807) is 32.4 Å². The topological polar surface area (TPSA) is 65.4 Å². The van der Waals surface area contributed by atoms with Crippen molar-refractivity contribution in [2.75, 3.05) is 19.5 Å². The van der Waals surface area contributed by atoms with Crippen LogP contribution in [0.5, 0.6) is 11.5 Å². The molecule has 0 aliphatic heterocycles. The number of aromatic nitrogens is 2. The van der Waals surface area contributed by atoms with Crippen LogP contribution in [0.25, 0.3) is 0 Å². The largest absolute Gasteiger partial charge is 0.497 e. The number of anilines is 1. The van der Waals surface area contributed by atoms with Gasteiger partial charge in [-0.05, 0) is 31.7 Å². The van der Waals surface area contributed by atoms with Crippen LogP contribution in [-0.4, -0.2) is 29.9 Å². The first kappa shape index (κ1) is 19.8. The Labute approximate surface area is 155 Å². The van der Waals surface area contributed by atoms with Gasteiger partial charge in [-0.1, -0.05) is 13.8 Å². The Morgan fingerprint density at radius 1 is 1.15 bits per heavy atom. The Kier molecular flexibility index (Phi) is 6.66. The molecular formula is C20H29N3O3. The summed E-state index contributed by atoms with van der Waals surface area (Å²) in [5.74, 6) is 1.77. The SMILES string of the molecule is COc1cc(NC(=O)CCc2c(C)nn(CC(C)C)c2C)cc(OC)c1. The summed E-state index contributed by atoms with van der Waals surface area (Å²) in [6.07, 6.45) is 1.07. The minimum atomic E-state index is -0.0456. The summed E-state index contributed by atoms with van der Waals surface area (Å²) in [5, 5.41) is 7.52. The normalized spacial score (nSPS) is 10.9. The quantitative estimate of drug-likeness (QED) is 0.780. The summed E-state index contributed by atoms with van der Waals surface area (Å²) in [6, 6.07) is 5.32. The van der Waals surface area contributed by atoms with Crippen LogP contribution in [0.4, 0.5) is 5.69 Å². The van der Waals surface area contributed by atoms with Crippen LogP contribution in [0.2, 0.25) is 0 Å². The first-order valence-electron chi connectivity index (χ1n) is 8.89. The number of methoxy groups -OCH3 is 2. The smallest absolute Gasteiger partial charge is 0.224 e. The van der Waals surface area contributed by atoms with Crippen molar-refractivity contribution in [2.24, 2.45) is 5.92 Å². The van der Waals surface area contributed by atoms with E-state index in [0.29, 0.717) is 35.9 Å². The molecule has 142 valence electrons. The van der Waals surface area contributed by atoms with Crippen LogP contribution in [0, 0.1) is 19.8 Å². The molecule has 0 saturated heterocycles. The molecular weight excluding hydrogens is 330 g/mol. The van der Waals surface area contributed by atoms with Gasteiger partial charge in [0.1, 0.15) is 11.5 Å². The second-order valence-corrected chi connectivity index (χ2v) is 6.87. The standard InChI is InChI=1S/C20H29N3O3/c1-13(2)12-23-15(4)19(14(3)22-23)7-8-20(24)21-16-9-17(25-5)11-18(10-16)26-6/h9-11,13H,7-8,12H2,1-6H3,(H,21,24). The molecule has 26 heavy (non-hydrogen) atoms. The van der Waals surface area contributed by atoms with Crippen LogP contribution in [0.15, 0.2) is 18.2 Å². The van der Waals surface area contributed by atoms with Crippen LogP contribution in [-0.2, 0) is 17.8 Å². The van der Waals surface area contributed by atoms with Gasteiger partial charge in [0.05, 0.1) is 19.9 Å². The summed E-state index contributed by atoms with van der Waals surface area (Å²) >= 11 is 0. The molecule has 2 rings (SSSR count). The van der Waals surface area contributed by atoms with Crippen LogP contribution >= 0.6 is 0 Å². The highest BCUT2D eigenvalue weighted by atomic mass is 16.5. The molecule has 0 fully saturated rings. The lowest BCUT2D eigenvalue weighted by atomic mass is 10.1. The van der Waals surface area contributed by atoms with Gasteiger partial charge in [-0.3, -0.25) is 9.48 Å². The summed E-state index contributed by atoms with van der Waals surface area (Å²) in [5.41, 5.74) is 3.96. The molecule has 0 aliphatic rings. The number of benzene rings is 1. The lowest BCUT2D eigenvalue weighted by Gasteiger charge is -2.10. The van der Waals surface area contributed by atoms with Gasteiger partial charge in [0.15, 0.2) is 0 Å². The molecule has 0 bridgehead atoms. The fourth-order valence-corrected chi connectivity index (χ4v) is 2.96. The van der Waals surface area contributed by atoms with Gasteiger partial charge in [0.2, 0.25) is 5.91 Å². The van der Waals surface area contributed by atoms with Gasteiger partial charge >= 0.3 is 0 Å². The Hall–Kier alpha value is -2.50. The number of carbonyl (C=O) groups is 1. The molecule has 0 unspecified atom stereocenters. The van der Waals surface area contributed by atoms with Gasteiger partial charge in [-0.25, -0.2) is 0 Å². The number of hydrogen-bond donors (Lipinski definition) is 1. The zero-order valence-electron chi connectivity index (χ0n) is 16.5. The maximum atomic E-state index is 12.4. The van der Waals surface area contributed by atoms with E-state index in [0.717, 1.165) is 23.5 Å². The van der Waals surface area contributed by atoms with E-state index >= 15 is 0 Å². The molecule has 2 aromatic rings. The highest BCUT2D eigenvalue weighted by molar-refractivity contribution is 5.91. The van der Waals surface area contributed by atoms with Crippen molar-refractivity contribution in [1.82, 2.24) is 9.78 Å². The van der Waals surface area contributed by atoms with Crippen molar-refractivity contribution in [1.29, 1.82) is 0 Å². The van der Waals surface area contributed by atoms with E-state index in [-0.39, 0.29) is 5.91 Å². The predicted molar refractivity (Wildman–Crippen MR) is 103 cm³/mol. The maximum absolute atomic E-state index is 12.4. The van der Waals surface area contributed by atoms with E-state index in [1.807, 2.05) is 11.6 Å². The lowest BCUT2D eigenvalue weighted by molar-refractivity contribution is -0.116. The van der Waals surface area contributed by atoms with E-state index in [2.05, 4.69) is 31.2 Å². The molecule has 0 saturated carbocycles. The Bertz CT molecular complexity index is 744. The molecule has 0 atom stereocenters. The zero-order valence-corrected chi connectivity index (χ0v) is 16.5. The second kappa shape index (κ2) is 8.74. The lowest BCUT2D eigenvalue weighted by Crippen LogP contribution is -2.13. The number of amides is 1. The maximum Gasteiger partial charge on any atom is 0.224 e. The number of nitrogens with one attached hydrogen (secondary N) is 1. The third kappa shape index (κ3) is 5.00. The van der Waals surface area contributed by atoms with Gasteiger partial charge in [-0.2, -0.15) is 5.10 Å². The summed E-state index contributed by atoms with van der Waals surface area (Å²) < 4.78 is 12.5. The second-order valence-electron chi connectivity index (χ2n) is 6.87. The van der Waals surface area contributed by atoms with E-state index in [1.165, 1.54) is 0 Å². The highest BCUT2D eigenvalue weighted by Crippen LogP contribution is 2.26. The van der Waals surface area contributed by atoms with Crippen molar-refractivity contribution in [3.63, 3.8) is 0 Å². The molecule has 0 aliphatic carbocycles. The van der Waals surface area contributed by atoms with Gasteiger partial charge in [0, 0.05) is 42.5 Å². The molecule has 1 N–H and O–H groups in total. The Balaban J connectivity index is 2.02. The highest BCUT2D eigenvalue weighted by Gasteiger charge is 2.14. The average molecular weight is 359 g/mol. The molecule has 0 radical (unpaired) electrons. The monoisotopic (exact) mass is 359 g/mol. The van der Waals surface area contributed by atoms with Crippen molar-refractivity contribution < 1.29 is 14.3 Å². The van der Waals surface area contributed by atoms with Gasteiger partial charge < -0.3 is 14.8 Å². The van der Waals surface area contributed by atoms with Crippen molar-refractivity contribution in [3.8, 4) is 11.5 Å². The number of nitrogens with zero attached hydrogens (tertiary/aromatic N) is 2.